The van der Waals surface area contributed by atoms with E-state index in [1.165, 1.54) is 0 Å². The Balaban J connectivity index is 2.09. The third-order valence-corrected chi connectivity index (χ3v) is 2.19. The predicted octanol–water partition coefficient (Wildman–Crippen LogP) is 1.72. The van der Waals surface area contributed by atoms with Crippen molar-refractivity contribution in [3.05, 3.63) is 43.0 Å². The Morgan fingerprint density at radius 2 is 2.18 bits per heavy atom. The largest absolute Gasteiger partial charge is 0.325 e. The number of aromatic nitrogens is 2. The van der Waals surface area contributed by atoms with Crippen molar-refractivity contribution in [2.45, 2.75) is 6.42 Å². The zero-order valence-electron chi connectivity index (χ0n) is 9.00. The average molecular weight is 226 g/mol. The number of imidazole rings is 1. The molecule has 5 nitrogen and oxygen atoms in total. The molecule has 0 bridgehead atoms. The van der Waals surface area contributed by atoms with E-state index in [1.54, 1.807) is 30.7 Å². The van der Waals surface area contributed by atoms with E-state index in [0.717, 1.165) is 5.69 Å². The minimum Gasteiger partial charge on any atom is -0.325 e. The Hall–Kier alpha value is -2.61. The van der Waals surface area contributed by atoms with Gasteiger partial charge in [0.1, 0.15) is 6.42 Å². The number of benzene rings is 1. The second-order valence-electron chi connectivity index (χ2n) is 3.40. The molecule has 84 valence electrons. The molecule has 0 saturated carbocycles. The van der Waals surface area contributed by atoms with E-state index in [1.807, 2.05) is 22.9 Å². The molecule has 5 heteroatoms. The van der Waals surface area contributed by atoms with Crippen molar-refractivity contribution >= 4 is 11.6 Å². The highest BCUT2D eigenvalue weighted by atomic mass is 16.1. The molecule has 0 saturated heterocycles. The summed E-state index contributed by atoms with van der Waals surface area (Å²) in [6.07, 6.45) is 5.10. The van der Waals surface area contributed by atoms with Gasteiger partial charge in [-0.1, -0.05) is 0 Å². The van der Waals surface area contributed by atoms with E-state index < -0.39 is 0 Å². The van der Waals surface area contributed by atoms with Gasteiger partial charge in [0.15, 0.2) is 0 Å². The maximum Gasteiger partial charge on any atom is 0.238 e. The molecule has 1 N–H and O–H groups in total. The molecular formula is C12H10N4O. The highest BCUT2D eigenvalue weighted by Gasteiger charge is 2.01. The molecule has 1 aromatic heterocycles. The maximum absolute atomic E-state index is 11.2. The Morgan fingerprint density at radius 1 is 1.41 bits per heavy atom. The van der Waals surface area contributed by atoms with Gasteiger partial charge in [-0.3, -0.25) is 4.79 Å². The lowest BCUT2D eigenvalue weighted by Crippen LogP contribution is -2.09. The minimum absolute atomic E-state index is 0.136. The number of rotatable bonds is 3. The van der Waals surface area contributed by atoms with E-state index in [-0.39, 0.29) is 12.3 Å². The third-order valence-electron chi connectivity index (χ3n) is 2.19. The normalized spacial score (nSPS) is 9.59. The molecule has 0 unspecified atom stereocenters. The summed E-state index contributed by atoms with van der Waals surface area (Å²) in [5.41, 5.74) is 1.63. The molecule has 0 aliphatic carbocycles. The number of anilines is 1. The Morgan fingerprint density at radius 3 is 2.76 bits per heavy atom. The fourth-order valence-corrected chi connectivity index (χ4v) is 1.41. The van der Waals surface area contributed by atoms with Crippen LogP contribution in [-0.2, 0) is 4.79 Å². The summed E-state index contributed by atoms with van der Waals surface area (Å²) < 4.78 is 1.86. The van der Waals surface area contributed by atoms with Crippen LogP contribution < -0.4 is 5.32 Å². The summed E-state index contributed by atoms with van der Waals surface area (Å²) in [6, 6.07) is 9.09. The summed E-state index contributed by atoms with van der Waals surface area (Å²) >= 11 is 0. The standard InChI is InChI=1S/C12H10N4O/c13-6-5-12(17)15-10-1-3-11(4-2-10)16-8-7-14-9-16/h1-4,7-9H,5H2,(H,15,17). The van der Waals surface area contributed by atoms with Crippen molar-refractivity contribution in [2.75, 3.05) is 5.32 Å². The molecule has 17 heavy (non-hydrogen) atoms. The van der Waals surface area contributed by atoms with Crippen LogP contribution in [0.15, 0.2) is 43.0 Å². The number of nitrogens with one attached hydrogen (secondary N) is 1. The van der Waals surface area contributed by atoms with Crippen LogP contribution in [0.5, 0.6) is 0 Å². The molecule has 1 aromatic carbocycles. The monoisotopic (exact) mass is 226 g/mol. The SMILES string of the molecule is N#CCC(=O)Nc1ccc(-n2ccnc2)cc1. The van der Waals surface area contributed by atoms with Crippen LogP contribution in [0.4, 0.5) is 5.69 Å². The van der Waals surface area contributed by atoms with Gasteiger partial charge in [-0.2, -0.15) is 5.26 Å². The Kier molecular flexibility index (Phi) is 3.17. The molecule has 2 aromatic rings. The van der Waals surface area contributed by atoms with E-state index in [4.69, 9.17) is 5.26 Å². The quantitative estimate of drug-likeness (QED) is 0.866. The molecule has 1 amide bonds. The van der Waals surface area contributed by atoms with Crippen molar-refractivity contribution in [1.29, 1.82) is 5.26 Å². The van der Waals surface area contributed by atoms with Crippen LogP contribution >= 0.6 is 0 Å². The van der Waals surface area contributed by atoms with Crippen molar-refractivity contribution in [3.8, 4) is 11.8 Å². The summed E-state index contributed by atoms with van der Waals surface area (Å²) in [5, 5.41) is 11.0. The Bertz CT molecular complexity index is 537. The lowest BCUT2D eigenvalue weighted by atomic mass is 10.2. The zero-order valence-corrected chi connectivity index (χ0v) is 9.00. The number of nitriles is 1. The topological polar surface area (TPSA) is 70.7 Å². The summed E-state index contributed by atoms with van der Waals surface area (Å²) in [7, 11) is 0. The lowest BCUT2D eigenvalue weighted by molar-refractivity contribution is -0.115. The number of hydrogen-bond acceptors (Lipinski definition) is 3. The fourth-order valence-electron chi connectivity index (χ4n) is 1.41. The lowest BCUT2D eigenvalue weighted by Gasteiger charge is -2.05. The molecule has 1 heterocycles. The maximum atomic E-state index is 11.2. The second kappa shape index (κ2) is 4.94. The van der Waals surface area contributed by atoms with Gasteiger partial charge < -0.3 is 9.88 Å². The molecule has 2 rings (SSSR count). The van der Waals surface area contributed by atoms with E-state index in [0.29, 0.717) is 5.69 Å². The fraction of sp³-hybridized carbons (Fsp3) is 0.0833. The second-order valence-corrected chi connectivity index (χ2v) is 3.40. The van der Waals surface area contributed by atoms with Gasteiger partial charge in [0, 0.05) is 23.8 Å². The van der Waals surface area contributed by atoms with Gasteiger partial charge in [-0.15, -0.1) is 0 Å². The molecule has 0 fully saturated rings. The number of nitrogens with zero attached hydrogens (tertiary/aromatic N) is 3. The van der Waals surface area contributed by atoms with Gasteiger partial charge in [-0.05, 0) is 24.3 Å². The van der Waals surface area contributed by atoms with Crippen LogP contribution in [0.25, 0.3) is 5.69 Å². The number of hydrogen-bond donors (Lipinski definition) is 1. The smallest absolute Gasteiger partial charge is 0.238 e. The Labute approximate surface area is 98.3 Å². The first kappa shape index (κ1) is 10.9. The number of amides is 1. The van der Waals surface area contributed by atoms with Gasteiger partial charge in [-0.25, -0.2) is 4.98 Å². The molecule has 0 atom stereocenters. The summed E-state index contributed by atoms with van der Waals surface area (Å²) in [6.45, 7) is 0. The molecule has 0 radical (unpaired) electrons. The van der Waals surface area contributed by atoms with Crippen LogP contribution in [0.3, 0.4) is 0 Å². The summed E-state index contributed by atoms with van der Waals surface area (Å²) in [5.74, 6) is -0.303. The van der Waals surface area contributed by atoms with Crippen LogP contribution in [0, 0.1) is 11.3 Å². The van der Waals surface area contributed by atoms with Crippen LogP contribution in [0.1, 0.15) is 6.42 Å². The van der Waals surface area contributed by atoms with Gasteiger partial charge in [0.2, 0.25) is 5.91 Å². The summed E-state index contributed by atoms with van der Waals surface area (Å²) in [4.78, 5) is 15.1. The van der Waals surface area contributed by atoms with Gasteiger partial charge in [0.25, 0.3) is 0 Å². The van der Waals surface area contributed by atoms with E-state index >= 15 is 0 Å². The highest BCUT2D eigenvalue weighted by Crippen LogP contribution is 2.13. The van der Waals surface area contributed by atoms with Crippen LogP contribution in [0.2, 0.25) is 0 Å². The number of carbonyl (C=O) groups is 1. The average Bonchev–Trinajstić information content (AvgIpc) is 2.84. The van der Waals surface area contributed by atoms with E-state index in [9.17, 15) is 4.79 Å². The van der Waals surface area contributed by atoms with Crippen molar-refractivity contribution < 1.29 is 4.79 Å². The first-order valence-electron chi connectivity index (χ1n) is 5.05. The van der Waals surface area contributed by atoms with Crippen molar-refractivity contribution in [1.82, 2.24) is 9.55 Å². The molecular weight excluding hydrogens is 216 g/mol. The zero-order chi connectivity index (χ0) is 12.1. The van der Waals surface area contributed by atoms with Crippen molar-refractivity contribution in [2.24, 2.45) is 0 Å². The van der Waals surface area contributed by atoms with Gasteiger partial charge in [0.05, 0.1) is 12.4 Å². The van der Waals surface area contributed by atoms with Crippen LogP contribution in [-0.4, -0.2) is 15.5 Å². The van der Waals surface area contributed by atoms with Crippen molar-refractivity contribution in [3.63, 3.8) is 0 Å². The number of carbonyl (C=O) groups excluding carboxylic acids is 1. The highest BCUT2D eigenvalue weighted by molar-refractivity contribution is 5.92. The third kappa shape index (κ3) is 2.69. The first-order chi connectivity index (χ1) is 8.29. The molecule has 0 spiro atoms. The van der Waals surface area contributed by atoms with Gasteiger partial charge >= 0.3 is 0 Å². The first-order valence-corrected chi connectivity index (χ1v) is 5.05. The van der Waals surface area contributed by atoms with E-state index in [2.05, 4.69) is 10.3 Å². The minimum atomic E-state index is -0.303. The molecule has 0 aliphatic heterocycles. The predicted molar refractivity (Wildman–Crippen MR) is 62.4 cm³/mol. The molecule has 0 aliphatic rings.